The van der Waals surface area contributed by atoms with Gasteiger partial charge in [-0.3, -0.25) is 0 Å². The maximum Gasteiger partial charge on any atom is 0.416 e. The molecular weight excluding hydrogens is 293 g/mol. The minimum atomic E-state index is -4.40. The number of alkyl halides is 3. The van der Waals surface area contributed by atoms with E-state index in [4.69, 9.17) is 0 Å². The second-order valence-electron chi connectivity index (χ2n) is 5.03. The lowest BCUT2D eigenvalue weighted by atomic mass is 9.96. The zero-order valence-corrected chi connectivity index (χ0v) is 12.2. The molecule has 2 aromatic rings. The van der Waals surface area contributed by atoms with Gasteiger partial charge in [0.1, 0.15) is 0 Å². The van der Waals surface area contributed by atoms with Gasteiger partial charge in [0.25, 0.3) is 0 Å². The molecule has 0 spiro atoms. The van der Waals surface area contributed by atoms with Crippen LogP contribution < -0.4 is 0 Å². The molecular formula is C17H15F3O2. The molecule has 0 N–H and O–H groups in total. The van der Waals surface area contributed by atoms with Crippen LogP contribution in [0.15, 0.2) is 42.5 Å². The Bertz CT molecular complexity index is 691. The third kappa shape index (κ3) is 3.67. The summed E-state index contributed by atoms with van der Waals surface area (Å²) in [7, 11) is 1.26. The minimum Gasteiger partial charge on any atom is -0.465 e. The van der Waals surface area contributed by atoms with E-state index in [1.807, 2.05) is 0 Å². The molecule has 5 heteroatoms. The van der Waals surface area contributed by atoms with E-state index in [0.29, 0.717) is 11.1 Å². The summed E-state index contributed by atoms with van der Waals surface area (Å²) in [6, 6.07) is 10.5. The predicted octanol–water partition coefficient (Wildman–Crippen LogP) is 4.39. The summed E-state index contributed by atoms with van der Waals surface area (Å²) in [6.07, 6.45) is -4.30. The third-order valence-electron chi connectivity index (χ3n) is 3.31. The molecule has 0 saturated carbocycles. The van der Waals surface area contributed by atoms with Crippen molar-refractivity contribution < 1.29 is 22.7 Å². The van der Waals surface area contributed by atoms with E-state index in [1.54, 1.807) is 31.2 Å². The van der Waals surface area contributed by atoms with Crippen LogP contribution in [0.5, 0.6) is 0 Å². The van der Waals surface area contributed by atoms with Crippen molar-refractivity contribution in [1.29, 1.82) is 0 Å². The van der Waals surface area contributed by atoms with Crippen molar-refractivity contribution in [2.24, 2.45) is 0 Å². The maximum atomic E-state index is 13.1. The largest absolute Gasteiger partial charge is 0.465 e. The van der Waals surface area contributed by atoms with Gasteiger partial charge in [-0.25, -0.2) is 4.79 Å². The van der Waals surface area contributed by atoms with E-state index in [0.717, 1.165) is 11.6 Å². The fourth-order valence-electron chi connectivity index (χ4n) is 2.29. The van der Waals surface area contributed by atoms with Crippen molar-refractivity contribution in [2.75, 3.05) is 7.11 Å². The Morgan fingerprint density at radius 3 is 2.50 bits per heavy atom. The summed E-state index contributed by atoms with van der Waals surface area (Å²) < 4.78 is 43.8. The number of aryl methyl sites for hydroxylation is 1. The second kappa shape index (κ2) is 6.22. The number of ether oxygens (including phenoxy) is 1. The van der Waals surface area contributed by atoms with Crippen LogP contribution in [-0.4, -0.2) is 13.1 Å². The van der Waals surface area contributed by atoms with Crippen LogP contribution in [0, 0.1) is 6.92 Å². The Labute approximate surface area is 126 Å². The molecule has 0 unspecified atom stereocenters. The van der Waals surface area contributed by atoms with E-state index in [1.165, 1.54) is 19.2 Å². The summed E-state index contributed by atoms with van der Waals surface area (Å²) >= 11 is 0. The maximum absolute atomic E-state index is 13.1. The fraction of sp³-hybridized carbons (Fsp3) is 0.235. The fourth-order valence-corrected chi connectivity index (χ4v) is 2.29. The Kier molecular flexibility index (Phi) is 4.54. The van der Waals surface area contributed by atoms with Crippen molar-refractivity contribution in [3.63, 3.8) is 0 Å². The molecule has 0 saturated heterocycles. The van der Waals surface area contributed by atoms with E-state index < -0.39 is 17.7 Å². The normalized spacial score (nSPS) is 11.3. The number of benzene rings is 2. The van der Waals surface area contributed by atoms with Crippen LogP contribution in [0.4, 0.5) is 13.2 Å². The van der Waals surface area contributed by atoms with E-state index in [-0.39, 0.29) is 12.0 Å². The Balaban J connectivity index is 2.39. The highest BCUT2D eigenvalue weighted by Crippen LogP contribution is 2.33. The standard InChI is InChI=1S/C17H15F3O2/c1-11-6-7-15(17(18,19)20)14(8-11)10-12-4-3-5-13(9-12)16(21)22-2/h3-9H,10H2,1-2H3. The number of rotatable bonds is 3. The van der Waals surface area contributed by atoms with E-state index >= 15 is 0 Å². The SMILES string of the molecule is COC(=O)c1cccc(Cc2cc(C)ccc2C(F)(F)F)c1. The molecule has 116 valence electrons. The van der Waals surface area contributed by atoms with Crippen LogP contribution in [0.2, 0.25) is 0 Å². The van der Waals surface area contributed by atoms with Gasteiger partial charge in [-0.15, -0.1) is 0 Å². The summed E-state index contributed by atoms with van der Waals surface area (Å²) in [5.74, 6) is -0.512. The summed E-state index contributed by atoms with van der Waals surface area (Å²) in [4.78, 5) is 11.5. The number of halogens is 3. The van der Waals surface area contributed by atoms with Crippen LogP contribution >= 0.6 is 0 Å². The minimum absolute atomic E-state index is 0.0986. The highest BCUT2D eigenvalue weighted by atomic mass is 19.4. The van der Waals surface area contributed by atoms with Crippen molar-refractivity contribution in [1.82, 2.24) is 0 Å². The van der Waals surface area contributed by atoms with Gasteiger partial charge in [-0.05, 0) is 42.7 Å². The number of carbonyl (C=O) groups is 1. The first-order valence-corrected chi connectivity index (χ1v) is 6.65. The first-order chi connectivity index (χ1) is 10.3. The molecule has 0 aliphatic heterocycles. The monoisotopic (exact) mass is 308 g/mol. The Hall–Kier alpha value is -2.30. The van der Waals surface area contributed by atoms with Gasteiger partial charge < -0.3 is 4.74 Å². The molecule has 0 radical (unpaired) electrons. The number of hydrogen-bond acceptors (Lipinski definition) is 2. The topological polar surface area (TPSA) is 26.3 Å². The lowest BCUT2D eigenvalue weighted by Crippen LogP contribution is -2.10. The molecule has 0 fully saturated rings. The molecule has 0 aromatic heterocycles. The van der Waals surface area contributed by atoms with E-state index in [2.05, 4.69) is 4.74 Å². The first-order valence-electron chi connectivity index (χ1n) is 6.65. The highest BCUT2D eigenvalue weighted by molar-refractivity contribution is 5.89. The zero-order chi connectivity index (χ0) is 16.3. The van der Waals surface area contributed by atoms with E-state index in [9.17, 15) is 18.0 Å². The molecule has 2 aromatic carbocycles. The number of esters is 1. The smallest absolute Gasteiger partial charge is 0.416 e. The van der Waals surface area contributed by atoms with Gasteiger partial charge in [0, 0.05) is 0 Å². The summed E-state index contributed by atoms with van der Waals surface area (Å²) in [5, 5.41) is 0. The average Bonchev–Trinajstić information content (AvgIpc) is 2.45. The van der Waals surface area contributed by atoms with Gasteiger partial charge >= 0.3 is 12.1 Å². The van der Waals surface area contributed by atoms with Crippen molar-refractivity contribution in [3.8, 4) is 0 Å². The van der Waals surface area contributed by atoms with Gasteiger partial charge in [0.05, 0.1) is 18.2 Å². The molecule has 0 heterocycles. The van der Waals surface area contributed by atoms with Gasteiger partial charge in [-0.1, -0.05) is 29.8 Å². The van der Waals surface area contributed by atoms with Crippen LogP contribution in [0.3, 0.4) is 0 Å². The molecule has 0 aliphatic rings. The number of hydrogen-bond donors (Lipinski definition) is 0. The molecule has 2 nitrogen and oxygen atoms in total. The lowest BCUT2D eigenvalue weighted by Gasteiger charge is -2.14. The Morgan fingerprint density at radius 1 is 1.14 bits per heavy atom. The zero-order valence-electron chi connectivity index (χ0n) is 12.2. The summed E-state index contributed by atoms with van der Waals surface area (Å²) in [5.41, 5.74) is 1.24. The first kappa shape index (κ1) is 16.1. The molecule has 2 rings (SSSR count). The van der Waals surface area contributed by atoms with Gasteiger partial charge in [0.2, 0.25) is 0 Å². The van der Waals surface area contributed by atoms with Crippen molar-refractivity contribution in [3.05, 3.63) is 70.3 Å². The van der Waals surface area contributed by atoms with Crippen molar-refractivity contribution >= 4 is 5.97 Å². The summed E-state index contributed by atoms with van der Waals surface area (Å²) in [6.45, 7) is 1.74. The Morgan fingerprint density at radius 2 is 1.86 bits per heavy atom. The molecule has 0 atom stereocenters. The van der Waals surface area contributed by atoms with Gasteiger partial charge in [0.15, 0.2) is 0 Å². The number of carbonyl (C=O) groups excluding carboxylic acids is 1. The second-order valence-corrected chi connectivity index (χ2v) is 5.03. The molecule has 0 bridgehead atoms. The average molecular weight is 308 g/mol. The molecule has 22 heavy (non-hydrogen) atoms. The predicted molar refractivity (Wildman–Crippen MR) is 76.8 cm³/mol. The van der Waals surface area contributed by atoms with Gasteiger partial charge in [-0.2, -0.15) is 13.2 Å². The third-order valence-corrected chi connectivity index (χ3v) is 3.31. The highest BCUT2D eigenvalue weighted by Gasteiger charge is 2.33. The quantitative estimate of drug-likeness (QED) is 0.786. The lowest BCUT2D eigenvalue weighted by molar-refractivity contribution is -0.138. The molecule has 0 aliphatic carbocycles. The molecule has 0 amide bonds. The van der Waals surface area contributed by atoms with Crippen LogP contribution in [-0.2, 0) is 17.3 Å². The van der Waals surface area contributed by atoms with Crippen molar-refractivity contribution in [2.45, 2.75) is 19.5 Å². The van der Waals surface area contributed by atoms with Crippen LogP contribution in [0.1, 0.15) is 32.6 Å². The van der Waals surface area contributed by atoms with Crippen LogP contribution in [0.25, 0.3) is 0 Å². The number of methoxy groups -OCH3 is 1.